The number of nitriles is 1. The van der Waals surface area contributed by atoms with E-state index in [0.717, 1.165) is 27.8 Å². The Morgan fingerprint density at radius 1 is 1.15 bits per heavy atom. The van der Waals surface area contributed by atoms with Crippen molar-refractivity contribution in [2.45, 2.75) is 12.3 Å². The molecule has 1 aliphatic carbocycles. The van der Waals surface area contributed by atoms with Crippen molar-refractivity contribution in [1.29, 1.82) is 5.26 Å². The molecule has 0 fully saturated rings. The molecule has 0 amide bonds. The highest BCUT2D eigenvalue weighted by Gasteiger charge is 2.33. The number of carbonyl (C=O) groups excluding carboxylic acids is 1. The molecule has 26 heavy (non-hydrogen) atoms. The van der Waals surface area contributed by atoms with Crippen LogP contribution in [0.2, 0.25) is 0 Å². The lowest BCUT2D eigenvalue weighted by molar-refractivity contribution is -0.119. The lowest BCUT2D eigenvalue weighted by atomic mass is 9.77. The van der Waals surface area contributed by atoms with Crippen molar-refractivity contribution in [1.82, 2.24) is 9.88 Å². The zero-order chi connectivity index (χ0) is 18.1. The van der Waals surface area contributed by atoms with Crippen LogP contribution in [0.3, 0.4) is 0 Å². The maximum absolute atomic E-state index is 12.7. The molecular formula is C22H17N3O. The third-order valence-corrected chi connectivity index (χ3v) is 4.83. The minimum Gasteiger partial charge on any atom is -0.342 e. The Kier molecular flexibility index (Phi) is 3.98. The van der Waals surface area contributed by atoms with E-state index in [-0.39, 0.29) is 11.7 Å². The van der Waals surface area contributed by atoms with Crippen LogP contribution >= 0.6 is 0 Å². The second kappa shape index (κ2) is 6.45. The van der Waals surface area contributed by atoms with Gasteiger partial charge < -0.3 is 4.90 Å². The molecule has 4 heteroatoms. The van der Waals surface area contributed by atoms with Crippen LogP contribution in [0.1, 0.15) is 23.5 Å². The molecule has 2 heterocycles. The van der Waals surface area contributed by atoms with Gasteiger partial charge in [0.05, 0.1) is 5.92 Å². The molecule has 1 aromatic heterocycles. The van der Waals surface area contributed by atoms with Crippen LogP contribution in [0, 0.1) is 11.3 Å². The van der Waals surface area contributed by atoms with Gasteiger partial charge in [0, 0.05) is 37.6 Å². The molecule has 1 atom stereocenters. The standard InChI is InChI=1S/C22H17N3O/c1-25-14-17-11-21(26)18(15-7-9-24-10-8-15)12-19(17)22(20(25)13-23)16-5-3-2-4-6-16/h2-10,12,14,18H,11H2,1H3. The van der Waals surface area contributed by atoms with Gasteiger partial charge in [-0.2, -0.15) is 5.26 Å². The second-order valence-corrected chi connectivity index (χ2v) is 6.45. The number of pyridine rings is 1. The van der Waals surface area contributed by atoms with Crippen LogP contribution in [-0.4, -0.2) is 22.7 Å². The zero-order valence-electron chi connectivity index (χ0n) is 14.4. The van der Waals surface area contributed by atoms with Crippen LogP contribution in [0.4, 0.5) is 0 Å². The summed E-state index contributed by atoms with van der Waals surface area (Å²) in [5.74, 6) is -0.153. The molecule has 0 saturated carbocycles. The third kappa shape index (κ3) is 2.64. The van der Waals surface area contributed by atoms with Crippen molar-refractivity contribution in [2.75, 3.05) is 7.05 Å². The van der Waals surface area contributed by atoms with Gasteiger partial charge in [0.25, 0.3) is 0 Å². The van der Waals surface area contributed by atoms with Gasteiger partial charge in [-0.05, 0) is 34.4 Å². The monoisotopic (exact) mass is 339 g/mol. The minimum atomic E-state index is -0.313. The van der Waals surface area contributed by atoms with E-state index in [4.69, 9.17) is 0 Å². The summed E-state index contributed by atoms with van der Waals surface area (Å²) in [6.07, 6.45) is 7.67. The molecule has 0 bridgehead atoms. The van der Waals surface area contributed by atoms with Gasteiger partial charge in [-0.1, -0.05) is 36.4 Å². The fraction of sp³-hybridized carbons (Fsp3) is 0.136. The summed E-state index contributed by atoms with van der Waals surface area (Å²) in [6, 6.07) is 16.0. The van der Waals surface area contributed by atoms with Gasteiger partial charge >= 0.3 is 0 Å². The van der Waals surface area contributed by atoms with Gasteiger partial charge in [0.15, 0.2) is 0 Å². The van der Waals surface area contributed by atoms with E-state index in [1.54, 1.807) is 12.4 Å². The van der Waals surface area contributed by atoms with Crippen LogP contribution < -0.4 is 0 Å². The van der Waals surface area contributed by atoms with E-state index >= 15 is 0 Å². The smallest absolute Gasteiger partial charge is 0.148 e. The summed E-state index contributed by atoms with van der Waals surface area (Å²) in [5, 5.41) is 9.74. The van der Waals surface area contributed by atoms with Crippen molar-refractivity contribution in [3.8, 4) is 6.07 Å². The first kappa shape index (κ1) is 16.0. The quantitative estimate of drug-likeness (QED) is 0.834. The average molecular weight is 339 g/mol. The van der Waals surface area contributed by atoms with Crippen LogP contribution in [0.15, 0.2) is 84.0 Å². The molecule has 0 N–H and O–H groups in total. The van der Waals surface area contributed by atoms with Gasteiger partial charge in [-0.15, -0.1) is 0 Å². The Bertz CT molecular complexity index is 995. The third-order valence-electron chi connectivity index (χ3n) is 4.83. The first-order valence-electron chi connectivity index (χ1n) is 8.47. The number of nitrogens with zero attached hydrogens (tertiary/aromatic N) is 3. The van der Waals surface area contributed by atoms with Crippen molar-refractivity contribution < 1.29 is 4.79 Å². The molecule has 4 nitrogen and oxygen atoms in total. The maximum Gasteiger partial charge on any atom is 0.148 e. The molecule has 2 aromatic rings. The highest BCUT2D eigenvalue weighted by atomic mass is 16.1. The Hall–Kier alpha value is -3.45. The van der Waals surface area contributed by atoms with Crippen molar-refractivity contribution in [2.24, 2.45) is 0 Å². The number of carbonyl (C=O) groups is 1. The Balaban J connectivity index is 1.91. The number of rotatable bonds is 2. The molecule has 0 radical (unpaired) electrons. The van der Waals surface area contributed by atoms with Gasteiger partial charge in [-0.25, -0.2) is 0 Å². The topological polar surface area (TPSA) is 57.0 Å². The van der Waals surface area contributed by atoms with E-state index in [1.807, 2.05) is 66.7 Å². The first-order valence-corrected chi connectivity index (χ1v) is 8.47. The summed E-state index contributed by atoms with van der Waals surface area (Å²) < 4.78 is 0. The Morgan fingerprint density at radius 2 is 1.88 bits per heavy atom. The highest BCUT2D eigenvalue weighted by Crippen LogP contribution is 2.43. The fourth-order valence-corrected chi connectivity index (χ4v) is 3.61. The largest absolute Gasteiger partial charge is 0.342 e. The number of fused-ring (bicyclic) bond motifs is 1. The SMILES string of the molecule is CN1C=C2CC(=O)C(c3ccncc3)C=C2C(c2ccccc2)=C1C#N. The average Bonchev–Trinajstić information content (AvgIpc) is 2.68. The molecule has 1 unspecified atom stereocenters. The van der Waals surface area contributed by atoms with Crippen molar-refractivity contribution >= 4 is 11.4 Å². The number of hydrogen-bond donors (Lipinski definition) is 0. The van der Waals surface area contributed by atoms with E-state index < -0.39 is 0 Å². The number of ketones is 1. The van der Waals surface area contributed by atoms with Crippen LogP contribution in [0.25, 0.3) is 5.57 Å². The minimum absolute atomic E-state index is 0.160. The van der Waals surface area contributed by atoms with Crippen LogP contribution in [-0.2, 0) is 4.79 Å². The van der Waals surface area contributed by atoms with E-state index in [1.165, 1.54) is 0 Å². The fourth-order valence-electron chi connectivity index (χ4n) is 3.61. The predicted octanol–water partition coefficient (Wildman–Crippen LogP) is 3.83. The summed E-state index contributed by atoms with van der Waals surface area (Å²) >= 11 is 0. The van der Waals surface area contributed by atoms with E-state index in [0.29, 0.717) is 12.1 Å². The van der Waals surface area contributed by atoms with Crippen molar-refractivity contribution in [3.05, 3.63) is 95.1 Å². The summed E-state index contributed by atoms with van der Waals surface area (Å²) in [7, 11) is 1.85. The molecule has 0 saturated heterocycles. The van der Waals surface area contributed by atoms with Gasteiger partial charge in [0.1, 0.15) is 17.5 Å². The number of benzene rings is 1. The van der Waals surface area contributed by atoms with Gasteiger partial charge in [0.2, 0.25) is 0 Å². The van der Waals surface area contributed by atoms with Crippen LogP contribution in [0.5, 0.6) is 0 Å². The number of aromatic nitrogens is 1. The molecule has 1 aliphatic heterocycles. The normalized spacial score (nSPS) is 19.5. The lowest BCUT2D eigenvalue weighted by Gasteiger charge is -2.32. The first-order chi connectivity index (χ1) is 12.7. The summed E-state index contributed by atoms with van der Waals surface area (Å²) in [4.78, 5) is 18.6. The summed E-state index contributed by atoms with van der Waals surface area (Å²) in [5.41, 5.74) is 5.33. The molecule has 4 rings (SSSR count). The molecule has 1 aromatic carbocycles. The zero-order valence-corrected chi connectivity index (χ0v) is 14.4. The number of allylic oxidation sites excluding steroid dienone is 5. The lowest BCUT2D eigenvalue weighted by Crippen LogP contribution is -2.25. The predicted molar refractivity (Wildman–Crippen MR) is 99.5 cm³/mol. The van der Waals surface area contributed by atoms with Crippen molar-refractivity contribution in [3.63, 3.8) is 0 Å². The van der Waals surface area contributed by atoms with Gasteiger partial charge in [-0.3, -0.25) is 9.78 Å². The maximum atomic E-state index is 12.7. The molecule has 0 spiro atoms. The summed E-state index contributed by atoms with van der Waals surface area (Å²) in [6.45, 7) is 0. The Labute approximate surface area is 152 Å². The molecular weight excluding hydrogens is 322 g/mol. The molecule has 2 aliphatic rings. The number of Topliss-reactive ketones (excluding diaryl/α,β-unsaturated/α-hetero) is 1. The van der Waals surface area contributed by atoms with E-state index in [2.05, 4.69) is 11.1 Å². The molecule has 126 valence electrons. The Morgan fingerprint density at radius 3 is 2.58 bits per heavy atom. The highest BCUT2D eigenvalue weighted by molar-refractivity contribution is 5.99. The second-order valence-electron chi connectivity index (χ2n) is 6.45. The number of hydrogen-bond acceptors (Lipinski definition) is 4. The van der Waals surface area contributed by atoms with E-state index in [9.17, 15) is 10.1 Å².